The zero-order valence-electron chi connectivity index (χ0n) is 60.0. The molecule has 48 heteroatoms. The van der Waals surface area contributed by atoms with Gasteiger partial charge < -0.3 is 113 Å². The van der Waals surface area contributed by atoms with E-state index in [0.717, 1.165) is 10.8 Å². The van der Waals surface area contributed by atoms with Gasteiger partial charge in [0.05, 0.1) is 61.1 Å². The van der Waals surface area contributed by atoms with Crippen LogP contribution in [0.4, 0.5) is 34.1 Å². The summed E-state index contributed by atoms with van der Waals surface area (Å²) < 4.78 is 49.4. The Balaban J connectivity index is 0.000000142. The predicted octanol–water partition coefficient (Wildman–Crippen LogP) is -1.82. The van der Waals surface area contributed by atoms with E-state index in [1.165, 1.54) is 90.3 Å². The molecule has 0 aromatic carbocycles. The summed E-state index contributed by atoms with van der Waals surface area (Å²) in [5.41, 5.74) is 28.0. The van der Waals surface area contributed by atoms with Gasteiger partial charge in [-0.15, -0.1) is 32.1 Å². The standard InChI is InChI=1S/C14H14ClFN4O4.C14H15ClN4O4.C13H14ClN5O4.C13H14ClN5O3S.C13H14ClN5O3/c1-3-14(15)9(22)8(5(2)21)24-12(14)20-4-6(16)7-10(20)18-13(17)19-11(7)23;1-3-14(15)9(21)8(6(2)20)23-12(14)19-5-4-7-10(19)17-13(16)18-11(7)22;1-3-13(14)8(21)7(5(2)20)23-11(13)19-4-16-6-9(19)17-12(15)18-10(6)22;1-3-13(14)8(21)7(5(2)20)22-11(13)19-4-16-6-9(19)17-12(15)18-10(6)23;1-3-13(14)9(21)8(6(2)20)22-11(13)19-5-17-7-4-16-12(15)18-10(7)19/h1,4-5,8-9,12,21-22H,2H3,(H3,17,18,19,23);1,4-6,8-9,12,20-21H,2H3,(H3,16,17,18,22);1,4-5,7-8,11,20-21H,2H3,(H3,15,17,18,22);1,4-5,7-8,11,20-21H,2H3,(H3,15,17,18,23);1,4-6,8-9,11,20-21H,2H3,(H2,15,16,18)/t5-,8-,9+,12-,14?;6-,8-,9+,12-,14?;2*5-,7-,8+,11-,13?;6-,8-,9+,11-,13?/m11111/s1. The molecule has 24 N–H and O–H groups in total. The van der Waals surface area contributed by atoms with Crippen LogP contribution in [-0.2, 0) is 23.7 Å². The highest BCUT2D eigenvalue weighted by Crippen LogP contribution is 2.50. The van der Waals surface area contributed by atoms with Crippen molar-refractivity contribution in [1.82, 2.24) is 87.6 Å². The van der Waals surface area contributed by atoms with Gasteiger partial charge in [-0.05, 0) is 40.7 Å². The zero-order chi connectivity index (χ0) is 84.7. The average molecular weight is 1710 g/mol. The van der Waals surface area contributed by atoms with Crippen LogP contribution in [0, 0.1) is 72.2 Å². The Kier molecular flexibility index (Phi) is 24.1. The number of anilines is 5. The van der Waals surface area contributed by atoms with Crippen molar-refractivity contribution in [2.24, 2.45) is 0 Å². The molecule has 5 saturated heterocycles. The van der Waals surface area contributed by atoms with Crippen LogP contribution in [0.2, 0.25) is 0 Å². The van der Waals surface area contributed by atoms with Crippen LogP contribution in [0.3, 0.4) is 0 Å². The molecular formula is C67H71Cl5FN23O18S. The highest BCUT2D eigenvalue weighted by Gasteiger charge is 2.62. The summed E-state index contributed by atoms with van der Waals surface area (Å²) in [4.78, 5) is 73.1. The molecule has 5 aliphatic heterocycles. The van der Waals surface area contributed by atoms with Crippen LogP contribution >= 0.6 is 70.2 Å². The van der Waals surface area contributed by atoms with Gasteiger partial charge in [0.2, 0.25) is 23.8 Å². The molecule has 10 aromatic rings. The number of halogens is 6. The minimum atomic E-state index is -1.81. The molecule has 5 unspecified atom stereocenters. The van der Waals surface area contributed by atoms with Crippen molar-refractivity contribution in [2.45, 2.75) is 182 Å². The lowest BCUT2D eigenvalue weighted by Gasteiger charge is -2.25. The number of terminal acetylenes is 5. The van der Waals surface area contributed by atoms with Gasteiger partial charge in [-0.3, -0.25) is 47.6 Å². The molecule has 0 radical (unpaired) electrons. The fraction of sp³-hybridized carbons (Fsp3) is 0.448. The van der Waals surface area contributed by atoms with E-state index in [1.54, 1.807) is 0 Å². The molecule has 10 aromatic heterocycles. The van der Waals surface area contributed by atoms with Gasteiger partial charge in [0.1, 0.15) is 83.1 Å². The average Bonchev–Trinajstić information content (AvgIpc) is 1.62. The summed E-state index contributed by atoms with van der Waals surface area (Å²) in [5.74, 6) is 10.4. The lowest BCUT2D eigenvalue weighted by atomic mass is 9.97. The van der Waals surface area contributed by atoms with Gasteiger partial charge in [-0.1, -0.05) is 99.8 Å². The SMILES string of the molecule is C#CC1(Cl)[C@@H](O)[C@@H]([C@@H](C)O)O[C@H]1n1cc(F)c2c(=O)[nH]c(N)nc21.C#CC1(Cl)[C@@H](O)[C@@H]([C@@H](C)O)O[C@H]1n1ccc2c(=O)[nH]c(N)nc21.C#CC1(Cl)[C@@H](O)[C@@H]([C@@H](C)O)O[C@H]1n1cnc2c(=O)[nH]c(N)nc21.C#CC1(Cl)[C@@H](O)[C@@H]([C@@H](C)O)O[C@H]1n1cnc2c(=S)nc(N)[nH]c21.C#CC1(Cl)[C@@H](O)[C@@H]([C@@H](C)O)O[C@H]1n1cnc2cnc(N)nc21. The summed E-state index contributed by atoms with van der Waals surface area (Å²) in [5, 5.41) is 100. The third-order valence-corrected chi connectivity index (χ3v) is 22.1. The molecule has 0 aliphatic carbocycles. The molecule has 0 saturated carbocycles. The zero-order valence-corrected chi connectivity index (χ0v) is 64.6. The van der Waals surface area contributed by atoms with Crippen molar-refractivity contribution in [3.8, 4) is 61.7 Å². The van der Waals surface area contributed by atoms with Crippen molar-refractivity contribution in [2.75, 3.05) is 28.7 Å². The van der Waals surface area contributed by atoms with Crippen LogP contribution in [0.5, 0.6) is 0 Å². The summed E-state index contributed by atoms with van der Waals surface area (Å²) >= 11 is 37.0. The minimum Gasteiger partial charge on any atom is -0.391 e. The third-order valence-electron chi connectivity index (χ3n) is 19.2. The largest absolute Gasteiger partial charge is 0.391 e. The summed E-state index contributed by atoms with van der Waals surface area (Å²) in [7, 11) is 0. The fourth-order valence-electron chi connectivity index (χ4n) is 13.4. The number of nitrogen functional groups attached to an aromatic ring is 5. The van der Waals surface area contributed by atoms with Crippen molar-refractivity contribution in [1.29, 1.82) is 0 Å². The van der Waals surface area contributed by atoms with Gasteiger partial charge in [-0.2, -0.15) is 19.9 Å². The highest BCUT2D eigenvalue weighted by atomic mass is 35.5. The summed E-state index contributed by atoms with van der Waals surface area (Å²) in [6, 6.07) is 1.51. The summed E-state index contributed by atoms with van der Waals surface area (Å²) in [6.45, 7) is 7.25. The van der Waals surface area contributed by atoms with Crippen LogP contribution in [-0.4, -0.2) is 255 Å². The van der Waals surface area contributed by atoms with E-state index in [4.69, 9.17) is 155 Å². The number of hydrogen-bond donors (Lipinski definition) is 19. The molecule has 15 rings (SSSR count). The number of aromatic nitrogens is 18. The van der Waals surface area contributed by atoms with Gasteiger partial charge in [-0.25, -0.2) is 29.3 Å². The molecule has 610 valence electrons. The van der Waals surface area contributed by atoms with Crippen molar-refractivity contribution in [3.05, 3.63) is 85.2 Å². The Hall–Kier alpha value is -9.91. The first kappa shape index (κ1) is 86.0. The van der Waals surface area contributed by atoms with E-state index in [0.29, 0.717) is 22.3 Å². The van der Waals surface area contributed by atoms with E-state index in [1.807, 2.05) is 0 Å². The van der Waals surface area contributed by atoms with Crippen molar-refractivity contribution >= 4 is 156 Å². The number of nitrogens with one attached hydrogen (secondary N) is 4. The quantitative estimate of drug-likeness (QED) is 0.0407. The number of aromatic amines is 4. The number of alkyl halides is 5. The minimum absolute atomic E-state index is 0.0221. The van der Waals surface area contributed by atoms with E-state index in [2.05, 4.69) is 94.4 Å². The number of aliphatic hydroxyl groups is 10. The molecule has 41 nitrogen and oxygen atoms in total. The highest BCUT2D eigenvalue weighted by molar-refractivity contribution is 7.71. The number of aliphatic hydroxyl groups excluding tert-OH is 10. The Morgan fingerprint density at radius 1 is 0.470 bits per heavy atom. The van der Waals surface area contributed by atoms with E-state index in [9.17, 15) is 69.8 Å². The van der Waals surface area contributed by atoms with Gasteiger partial charge in [0, 0.05) is 12.4 Å². The maximum atomic E-state index is 14.2. The smallest absolute Gasteiger partial charge is 0.280 e. The molecule has 15 heterocycles. The number of rotatable bonds is 10. The topological polar surface area (TPSA) is 634 Å². The molecule has 25 atom stereocenters. The Morgan fingerprint density at radius 2 is 0.826 bits per heavy atom. The van der Waals surface area contributed by atoms with Crippen LogP contribution < -0.4 is 45.3 Å². The van der Waals surface area contributed by atoms with Crippen molar-refractivity contribution < 1.29 is 79.1 Å². The second-order valence-electron chi connectivity index (χ2n) is 26.8. The normalized spacial score (nSPS) is 32.1. The van der Waals surface area contributed by atoms with Crippen LogP contribution in [0.15, 0.2) is 58.0 Å². The van der Waals surface area contributed by atoms with Gasteiger partial charge >= 0.3 is 0 Å². The summed E-state index contributed by atoms with van der Waals surface area (Å²) in [6.07, 6.45) is 13.4. The Labute approximate surface area is 675 Å². The van der Waals surface area contributed by atoms with Gasteiger partial charge in [0.25, 0.3) is 16.7 Å². The number of H-pyrrole nitrogens is 4. The first-order valence-corrected chi connectivity index (χ1v) is 36.0. The molecule has 0 bridgehead atoms. The molecule has 5 aliphatic rings. The van der Waals surface area contributed by atoms with E-state index >= 15 is 0 Å². The molecule has 0 spiro atoms. The van der Waals surface area contributed by atoms with E-state index < -0.39 is 170 Å². The molecule has 5 fully saturated rings. The number of hydrogen-bond acceptors (Lipinski definition) is 33. The number of nitrogens with two attached hydrogens (primary N) is 5. The Morgan fingerprint density at radius 3 is 1.27 bits per heavy atom. The predicted molar refractivity (Wildman–Crippen MR) is 414 cm³/mol. The second kappa shape index (κ2) is 32.3. The van der Waals surface area contributed by atoms with E-state index in [-0.39, 0.29) is 67.6 Å². The first-order chi connectivity index (χ1) is 54.0. The lowest BCUT2D eigenvalue weighted by molar-refractivity contribution is -0.0752. The third kappa shape index (κ3) is 14.9. The monoisotopic (exact) mass is 1710 g/mol. The van der Waals surface area contributed by atoms with Crippen LogP contribution in [0.25, 0.3) is 55.6 Å². The fourth-order valence-corrected chi connectivity index (χ4v) is 15.0. The Bertz CT molecular complexity index is 5530. The molecule has 115 heavy (non-hydrogen) atoms. The second-order valence-corrected chi connectivity index (χ2v) is 30.4. The lowest BCUT2D eigenvalue weighted by Crippen LogP contribution is -2.43. The molecule has 0 amide bonds. The first-order valence-electron chi connectivity index (χ1n) is 33.7. The van der Waals surface area contributed by atoms with Gasteiger partial charge in [0.15, 0.2) is 100 Å². The van der Waals surface area contributed by atoms with Crippen molar-refractivity contribution in [3.63, 3.8) is 0 Å². The number of ether oxygens (including phenoxy) is 5. The number of nitrogens with zero attached hydrogens (tertiary/aromatic N) is 14. The maximum Gasteiger partial charge on any atom is 0.280 e. The number of fused-ring (bicyclic) bond motifs is 5. The maximum absolute atomic E-state index is 14.2. The molecular weight excluding hydrogens is 1640 g/mol. The number of imidazole rings is 3. The van der Waals surface area contributed by atoms with Crippen LogP contribution in [0.1, 0.15) is 65.8 Å².